The van der Waals surface area contributed by atoms with Gasteiger partial charge < -0.3 is 14.6 Å². The fourth-order valence-electron chi connectivity index (χ4n) is 1.77. The molecule has 128 valence electrons. The first-order chi connectivity index (χ1) is 10.7. The van der Waals surface area contributed by atoms with Gasteiger partial charge in [-0.3, -0.25) is 4.79 Å². The van der Waals surface area contributed by atoms with Gasteiger partial charge in [0.1, 0.15) is 23.0 Å². The summed E-state index contributed by atoms with van der Waals surface area (Å²) < 4.78 is 19.7. The normalized spacial score (nSPS) is 13.8. The quantitative estimate of drug-likeness (QED) is 0.779. The number of amides is 2. The van der Waals surface area contributed by atoms with E-state index in [2.05, 4.69) is 10.0 Å². The first kappa shape index (κ1) is 19.3. The van der Waals surface area contributed by atoms with Crippen LogP contribution in [0, 0.1) is 0 Å². The zero-order valence-corrected chi connectivity index (χ0v) is 14.7. The Morgan fingerprint density at radius 3 is 2.39 bits per heavy atom. The van der Waals surface area contributed by atoms with Crippen molar-refractivity contribution in [1.82, 2.24) is 10.0 Å². The summed E-state index contributed by atoms with van der Waals surface area (Å²) in [6.45, 7) is 7.12. The average Bonchev–Trinajstić information content (AvgIpc) is 2.45. The smallest absolute Gasteiger partial charge is 0.408 e. The molecule has 0 bridgehead atoms. The van der Waals surface area contributed by atoms with Crippen LogP contribution in [0.4, 0.5) is 4.79 Å². The van der Waals surface area contributed by atoms with Gasteiger partial charge in [0.25, 0.3) is 5.91 Å². The summed E-state index contributed by atoms with van der Waals surface area (Å²) in [6.07, 6.45) is 0.444. The zero-order valence-electron chi connectivity index (χ0n) is 13.9. The molecule has 2 N–H and O–H groups in total. The number of hydrogen-bond donors (Lipinski definition) is 2. The van der Waals surface area contributed by atoms with E-state index in [0.29, 0.717) is 17.7 Å². The topological polar surface area (TPSA) is 90.5 Å². The van der Waals surface area contributed by atoms with E-state index in [9.17, 15) is 14.1 Å². The van der Waals surface area contributed by atoms with Crippen molar-refractivity contribution in [3.8, 4) is 0 Å². The van der Waals surface area contributed by atoms with E-state index in [4.69, 9.17) is 4.74 Å². The van der Waals surface area contributed by atoms with Gasteiger partial charge in [-0.25, -0.2) is 4.79 Å². The molecule has 0 spiro atoms. The van der Waals surface area contributed by atoms with Crippen LogP contribution in [0.15, 0.2) is 35.2 Å². The molecule has 0 aliphatic rings. The highest BCUT2D eigenvalue weighted by Gasteiger charge is 2.27. The molecule has 2 unspecified atom stereocenters. The van der Waals surface area contributed by atoms with Gasteiger partial charge in [-0.2, -0.15) is 4.72 Å². The van der Waals surface area contributed by atoms with Crippen LogP contribution >= 0.6 is 0 Å². The van der Waals surface area contributed by atoms with Gasteiger partial charge in [0.15, 0.2) is 4.90 Å². The van der Waals surface area contributed by atoms with E-state index in [-0.39, 0.29) is 0 Å². The molecule has 7 heteroatoms. The van der Waals surface area contributed by atoms with Crippen molar-refractivity contribution in [2.24, 2.45) is 0 Å². The number of hydrogen-bond acceptors (Lipinski definition) is 4. The molecule has 6 nitrogen and oxygen atoms in total. The Balaban J connectivity index is 2.65. The number of carbonyl (C=O) groups is 2. The lowest BCUT2D eigenvalue weighted by Gasteiger charge is -2.23. The highest BCUT2D eigenvalue weighted by molar-refractivity contribution is 7.90. The van der Waals surface area contributed by atoms with Crippen molar-refractivity contribution in [3.05, 3.63) is 30.3 Å². The lowest BCUT2D eigenvalue weighted by Crippen LogP contribution is -2.49. The van der Waals surface area contributed by atoms with Gasteiger partial charge in [-0.15, -0.1) is 0 Å². The summed E-state index contributed by atoms with van der Waals surface area (Å²) in [5.74, 6) is -0.500. The summed E-state index contributed by atoms with van der Waals surface area (Å²) in [5, 5.41) is 2.52. The molecular formula is C16H24N2O4S. The van der Waals surface area contributed by atoms with E-state index < -0.39 is 35.0 Å². The Hall–Kier alpha value is -1.73. The second-order valence-electron chi connectivity index (χ2n) is 6.04. The van der Waals surface area contributed by atoms with Crippen LogP contribution in [0.1, 0.15) is 40.5 Å². The summed E-state index contributed by atoms with van der Waals surface area (Å²) in [5.41, 5.74) is -0.649. The van der Waals surface area contributed by atoms with Crippen LogP contribution < -0.4 is 10.0 Å². The van der Waals surface area contributed by atoms with Crippen molar-refractivity contribution >= 4 is 23.4 Å². The van der Waals surface area contributed by atoms with E-state index in [1.54, 1.807) is 51.1 Å². The highest BCUT2D eigenvalue weighted by atomic mass is 32.2. The van der Waals surface area contributed by atoms with Gasteiger partial charge in [0.2, 0.25) is 0 Å². The summed E-state index contributed by atoms with van der Waals surface area (Å²) in [7, 11) is 0. The summed E-state index contributed by atoms with van der Waals surface area (Å²) in [4.78, 5) is 24.6. The van der Waals surface area contributed by atoms with E-state index in [0.717, 1.165) is 0 Å². The molecule has 2 atom stereocenters. The summed E-state index contributed by atoms with van der Waals surface area (Å²) in [6, 6.07) is 7.80. The van der Waals surface area contributed by atoms with Gasteiger partial charge >= 0.3 is 6.09 Å². The minimum atomic E-state index is -1.66. The molecule has 1 rings (SSSR count). The fourth-order valence-corrected chi connectivity index (χ4v) is 2.62. The minimum absolute atomic E-state index is 0.428. The third-order valence-electron chi connectivity index (χ3n) is 2.74. The molecule has 0 radical (unpaired) electrons. The predicted molar refractivity (Wildman–Crippen MR) is 89.1 cm³/mol. The first-order valence-electron chi connectivity index (χ1n) is 7.49. The number of alkyl carbamates (subject to hydrolysis) is 1. The van der Waals surface area contributed by atoms with Crippen LogP contribution in [-0.4, -0.2) is 28.2 Å². The fraction of sp³-hybridized carbons (Fsp3) is 0.500. The largest absolute Gasteiger partial charge is 0.588 e. The third-order valence-corrected chi connectivity index (χ3v) is 3.82. The molecule has 2 amide bonds. The second kappa shape index (κ2) is 8.79. The van der Waals surface area contributed by atoms with Crippen molar-refractivity contribution < 1.29 is 18.9 Å². The van der Waals surface area contributed by atoms with Gasteiger partial charge in [-0.05, 0) is 39.3 Å². The molecule has 0 fully saturated rings. The second-order valence-corrected chi connectivity index (χ2v) is 7.25. The molecule has 0 aliphatic heterocycles. The molecule has 0 heterocycles. The number of ether oxygens (including phenoxy) is 1. The van der Waals surface area contributed by atoms with Crippen LogP contribution in [0.3, 0.4) is 0 Å². The molecule has 0 aromatic heterocycles. The van der Waals surface area contributed by atoms with Crippen LogP contribution in [-0.2, 0) is 20.9 Å². The van der Waals surface area contributed by atoms with E-state index >= 15 is 0 Å². The standard InChI is InChI=1S/C16H24N2O4S/c1-5-9-13(17-15(20)22-16(2,3)4)14(19)18-23(21)12-10-7-6-8-11-12/h6-8,10-11,13H,5,9H2,1-4H3,(H,17,20)(H,18,19). The summed E-state index contributed by atoms with van der Waals surface area (Å²) >= 11 is -1.66. The molecular weight excluding hydrogens is 316 g/mol. The van der Waals surface area contributed by atoms with Gasteiger partial charge in [0.05, 0.1) is 0 Å². The van der Waals surface area contributed by atoms with Gasteiger partial charge in [0, 0.05) is 0 Å². The minimum Gasteiger partial charge on any atom is -0.588 e. The molecule has 0 saturated heterocycles. The number of rotatable bonds is 6. The van der Waals surface area contributed by atoms with E-state index in [1.165, 1.54) is 0 Å². The predicted octanol–water partition coefficient (Wildman–Crippen LogP) is 2.52. The average molecular weight is 340 g/mol. The van der Waals surface area contributed by atoms with Crippen molar-refractivity contribution in [2.45, 2.75) is 57.1 Å². The maximum Gasteiger partial charge on any atom is 0.408 e. The van der Waals surface area contributed by atoms with Crippen molar-refractivity contribution in [2.75, 3.05) is 0 Å². The Morgan fingerprint density at radius 2 is 1.87 bits per heavy atom. The van der Waals surface area contributed by atoms with Crippen LogP contribution in [0.5, 0.6) is 0 Å². The Morgan fingerprint density at radius 1 is 1.26 bits per heavy atom. The maximum absolute atomic E-state index is 12.2. The molecule has 1 aromatic rings. The lowest BCUT2D eigenvalue weighted by atomic mass is 10.1. The monoisotopic (exact) mass is 340 g/mol. The maximum atomic E-state index is 12.2. The third kappa shape index (κ3) is 7.38. The van der Waals surface area contributed by atoms with Crippen LogP contribution in [0.2, 0.25) is 0 Å². The molecule has 0 saturated carbocycles. The first-order valence-corrected chi connectivity index (χ1v) is 8.64. The Kier molecular flexibility index (Phi) is 7.38. The van der Waals surface area contributed by atoms with Crippen LogP contribution in [0.25, 0.3) is 0 Å². The Bertz CT molecular complexity index is 517. The van der Waals surface area contributed by atoms with Crippen molar-refractivity contribution in [1.29, 1.82) is 0 Å². The SMILES string of the molecule is CCCC(NC(=O)OC(C)(C)C)C(=O)N[S+]([O-])c1ccccc1. The lowest BCUT2D eigenvalue weighted by molar-refractivity contribution is -0.121. The van der Waals surface area contributed by atoms with Gasteiger partial charge in [-0.1, -0.05) is 31.5 Å². The Labute approximate surface area is 140 Å². The molecule has 0 aliphatic carbocycles. The molecule has 23 heavy (non-hydrogen) atoms. The number of benzene rings is 1. The number of nitrogens with one attached hydrogen (secondary N) is 2. The zero-order chi connectivity index (χ0) is 17.5. The number of carbonyl (C=O) groups excluding carboxylic acids is 2. The van der Waals surface area contributed by atoms with Crippen molar-refractivity contribution in [3.63, 3.8) is 0 Å². The highest BCUT2D eigenvalue weighted by Crippen LogP contribution is 2.10. The molecule has 1 aromatic carbocycles. The van der Waals surface area contributed by atoms with E-state index in [1.807, 2.05) is 6.92 Å².